The van der Waals surface area contributed by atoms with E-state index < -0.39 is 0 Å². The number of amides is 2. The van der Waals surface area contributed by atoms with Gasteiger partial charge in [-0.15, -0.1) is 11.3 Å². The summed E-state index contributed by atoms with van der Waals surface area (Å²) >= 11 is 1.65. The van der Waals surface area contributed by atoms with Gasteiger partial charge in [0.2, 0.25) is 0 Å². The Bertz CT molecular complexity index is 884. The van der Waals surface area contributed by atoms with E-state index >= 15 is 0 Å². The number of aryl methyl sites for hydroxylation is 1. The number of nitrogens with one attached hydrogen (secondary N) is 1. The molecule has 0 saturated carbocycles. The van der Waals surface area contributed by atoms with Crippen molar-refractivity contribution in [1.82, 2.24) is 25.3 Å². The molecule has 0 aliphatic carbocycles. The van der Waals surface area contributed by atoms with Gasteiger partial charge in [0.15, 0.2) is 5.76 Å². The van der Waals surface area contributed by atoms with Crippen molar-refractivity contribution in [2.75, 3.05) is 31.1 Å². The molecule has 1 aliphatic heterocycles. The standard InChI is InChI=1S/C16H18N6O2S/c1-11-8-12(24-20-11)9-17-16(23)22-5-3-21(4-6-22)15-14-13(2-7-25-14)18-10-19-15/h2,7-8,10H,3-6,9H2,1H3,(H,17,23). The van der Waals surface area contributed by atoms with Gasteiger partial charge in [0.05, 0.1) is 22.5 Å². The molecular formula is C16H18N6O2S. The second-order valence-corrected chi connectivity index (χ2v) is 6.82. The maximum Gasteiger partial charge on any atom is 0.317 e. The van der Waals surface area contributed by atoms with Crippen LogP contribution in [0.5, 0.6) is 0 Å². The first kappa shape index (κ1) is 15.8. The van der Waals surface area contributed by atoms with Crippen LogP contribution in [0.4, 0.5) is 10.6 Å². The third kappa shape index (κ3) is 3.27. The van der Waals surface area contributed by atoms with Gasteiger partial charge in [-0.05, 0) is 18.4 Å². The zero-order chi connectivity index (χ0) is 17.2. The van der Waals surface area contributed by atoms with Gasteiger partial charge in [0, 0.05) is 32.2 Å². The van der Waals surface area contributed by atoms with Crippen molar-refractivity contribution < 1.29 is 9.32 Å². The van der Waals surface area contributed by atoms with Crippen molar-refractivity contribution in [2.24, 2.45) is 0 Å². The Balaban J connectivity index is 1.35. The number of urea groups is 1. The van der Waals surface area contributed by atoms with Crippen LogP contribution >= 0.6 is 11.3 Å². The Kier molecular flexibility index (Phi) is 4.22. The van der Waals surface area contributed by atoms with Gasteiger partial charge in [-0.1, -0.05) is 5.16 Å². The summed E-state index contributed by atoms with van der Waals surface area (Å²) in [5.74, 6) is 1.61. The fraction of sp³-hybridized carbons (Fsp3) is 0.375. The van der Waals surface area contributed by atoms with Crippen molar-refractivity contribution in [3.8, 4) is 0 Å². The van der Waals surface area contributed by atoms with Gasteiger partial charge in [-0.2, -0.15) is 0 Å². The van der Waals surface area contributed by atoms with Crippen molar-refractivity contribution in [3.05, 3.63) is 35.3 Å². The molecule has 0 unspecified atom stereocenters. The monoisotopic (exact) mass is 358 g/mol. The molecule has 0 spiro atoms. The number of rotatable bonds is 3. The smallest absolute Gasteiger partial charge is 0.317 e. The number of carbonyl (C=O) groups excluding carboxylic acids is 1. The van der Waals surface area contributed by atoms with Crippen LogP contribution in [-0.4, -0.2) is 52.2 Å². The number of hydrogen-bond donors (Lipinski definition) is 1. The minimum Gasteiger partial charge on any atom is -0.359 e. The largest absolute Gasteiger partial charge is 0.359 e. The van der Waals surface area contributed by atoms with Crippen LogP contribution in [0.2, 0.25) is 0 Å². The van der Waals surface area contributed by atoms with Crippen LogP contribution in [0, 0.1) is 6.92 Å². The summed E-state index contributed by atoms with van der Waals surface area (Å²) in [6.07, 6.45) is 1.60. The molecule has 8 nitrogen and oxygen atoms in total. The van der Waals surface area contributed by atoms with Crippen molar-refractivity contribution in [1.29, 1.82) is 0 Å². The topological polar surface area (TPSA) is 87.4 Å². The molecule has 9 heteroatoms. The minimum absolute atomic E-state index is 0.0855. The fourth-order valence-electron chi connectivity index (χ4n) is 2.90. The molecule has 3 aromatic heterocycles. The molecule has 0 aromatic carbocycles. The molecule has 1 fully saturated rings. The van der Waals surface area contributed by atoms with Crippen LogP contribution < -0.4 is 10.2 Å². The highest BCUT2D eigenvalue weighted by molar-refractivity contribution is 7.17. The van der Waals surface area contributed by atoms with Crippen molar-refractivity contribution in [3.63, 3.8) is 0 Å². The average molecular weight is 358 g/mol. The van der Waals surface area contributed by atoms with Crippen LogP contribution in [0.25, 0.3) is 10.2 Å². The minimum atomic E-state index is -0.0855. The molecular weight excluding hydrogens is 340 g/mol. The number of thiophene rings is 1. The summed E-state index contributed by atoms with van der Waals surface area (Å²) < 4.78 is 6.20. The van der Waals surface area contributed by atoms with E-state index in [-0.39, 0.29) is 6.03 Å². The van der Waals surface area contributed by atoms with Crippen molar-refractivity contribution >= 4 is 33.4 Å². The number of piperazine rings is 1. The second kappa shape index (κ2) is 6.67. The van der Waals surface area contributed by atoms with E-state index in [0.717, 1.165) is 34.8 Å². The predicted octanol–water partition coefficient (Wildman–Crippen LogP) is 2.02. The predicted molar refractivity (Wildman–Crippen MR) is 94.7 cm³/mol. The van der Waals surface area contributed by atoms with Crippen molar-refractivity contribution in [2.45, 2.75) is 13.5 Å². The molecule has 130 valence electrons. The van der Waals surface area contributed by atoms with Crippen LogP contribution in [-0.2, 0) is 6.54 Å². The lowest BCUT2D eigenvalue weighted by molar-refractivity contribution is 0.192. The van der Waals surface area contributed by atoms with E-state index in [4.69, 9.17) is 4.52 Å². The highest BCUT2D eigenvalue weighted by Crippen LogP contribution is 2.28. The molecule has 0 radical (unpaired) electrons. The van der Waals surface area contributed by atoms with E-state index in [0.29, 0.717) is 25.4 Å². The number of aromatic nitrogens is 3. The maximum absolute atomic E-state index is 12.3. The highest BCUT2D eigenvalue weighted by Gasteiger charge is 2.23. The van der Waals surface area contributed by atoms with E-state index in [1.165, 1.54) is 0 Å². The summed E-state index contributed by atoms with van der Waals surface area (Å²) in [5, 5.41) is 8.71. The molecule has 1 aliphatic rings. The fourth-order valence-corrected chi connectivity index (χ4v) is 3.76. The number of fused-ring (bicyclic) bond motifs is 1. The number of nitrogens with zero attached hydrogens (tertiary/aromatic N) is 5. The van der Waals surface area contributed by atoms with E-state index in [9.17, 15) is 4.79 Å². The second-order valence-electron chi connectivity index (χ2n) is 5.90. The molecule has 1 N–H and O–H groups in total. The van der Waals surface area contributed by atoms with Gasteiger partial charge in [-0.25, -0.2) is 14.8 Å². The molecule has 1 saturated heterocycles. The average Bonchev–Trinajstić information content (AvgIpc) is 3.28. The Labute approximate surface area is 148 Å². The third-order valence-corrected chi connectivity index (χ3v) is 5.08. The quantitative estimate of drug-likeness (QED) is 0.771. The molecule has 0 atom stereocenters. The Hall–Kier alpha value is -2.68. The Morgan fingerprint density at radius 1 is 1.32 bits per heavy atom. The summed E-state index contributed by atoms with van der Waals surface area (Å²) in [6.45, 7) is 5.00. The zero-order valence-electron chi connectivity index (χ0n) is 13.8. The maximum atomic E-state index is 12.3. The van der Waals surface area contributed by atoms with E-state index in [1.54, 1.807) is 17.7 Å². The SMILES string of the molecule is Cc1cc(CNC(=O)N2CCN(c3ncnc4ccsc34)CC2)on1. The number of carbonyl (C=O) groups is 1. The first-order chi connectivity index (χ1) is 12.2. The van der Waals surface area contributed by atoms with Gasteiger partial charge in [0.25, 0.3) is 0 Å². The summed E-state index contributed by atoms with van der Waals surface area (Å²) in [5.41, 5.74) is 1.78. The van der Waals surface area contributed by atoms with E-state index in [1.807, 2.05) is 29.3 Å². The first-order valence-corrected chi connectivity index (χ1v) is 8.97. The summed E-state index contributed by atoms with van der Waals surface area (Å²) in [7, 11) is 0. The van der Waals surface area contributed by atoms with E-state index in [2.05, 4.69) is 25.3 Å². The van der Waals surface area contributed by atoms with Crippen LogP contribution in [0.15, 0.2) is 28.4 Å². The molecule has 4 heterocycles. The lowest BCUT2D eigenvalue weighted by atomic mass is 10.3. The highest BCUT2D eigenvalue weighted by atomic mass is 32.1. The lowest BCUT2D eigenvalue weighted by Crippen LogP contribution is -2.51. The number of hydrogen-bond acceptors (Lipinski definition) is 7. The van der Waals surface area contributed by atoms with Gasteiger partial charge in [0.1, 0.15) is 12.1 Å². The van der Waals surface area contributed by atoms with Gasteiger partial charge in [-0.3, -0.25) is 0 Å². The normalized spacial score (nSPS) is 14.9. The summed E-state index contributed by atoms with van der Waals surface area (Å²) in [4.78, 5) is 25.0. The zero-order valence-corrected chi connectivity index (χ0v) is 14.6. The third-order valence-electron chi connectivity index (χ3n) is 4.18. The molecule has 2 amide bonds. The Morgan fingerprint density at radius 3 is 2.92 bits per heavy atom. The van der Waals surface area contributed by atoms with Crippen LogP contribution in [0.3, 0.4) is 0 Å². The Morgan fingerprint density at radius 2 is 2.16 bits per heavy atom. The van der Waals surface area contributed by atoms with Gasteiger partial charge >= 0.3 is 6.03 Å². The number of anilines is 1. The lowest BCUT2D eigenvalue weighted by Gasteiger charge is -2.35. The summed E-state index contributed by atoms with van der Waals surface area (Å²) in [6, 6.07) is 3.73. The molecule has 25 heavy (non-hydrogen) atoms. The van der Waals surface area contributed by atoms with Gasteiger partial charge < -0.3 is 19.6 Å². The first-order valence-electron chi connectivity index (χ1n) is 8.09. The molecule has 4 rings (SSSR count). The molecule has 0 bridgehead atoms. The van der Waals surface area contributed by atoms with Crippen LogP contribution in [0.1, 0.15) is 11.5 Å². The molecule has 3 aromatic rings.